The van der Waals surface area contributed by atoms with Crippen molar-refractivity contribution < 1.29 is 14.5 Å². The lowest BCUT2D eigenvalue weighted by atomic mass is 10.2. The molecule has 1 N–H and O–H groups in total. The van der Waals surface area contributed by atoms with Crippen LogP contribution in [0.5, 0.6) is 5.75 Å². The summed E-state index contributed by atoms with van der Waals surface area (Å²) in [5.41, 5.74) is 3.27. The molecule has 1 atom stereocenters. The summed E-state index contributed by atoms with van der Waals surface area (Å²) in [5.74, 6) is 0.376. The molecule has 0 spiro atoms. The Morgan fingerprint density at radius 2 is 2.14 bits per heavy atom. The number of halogens is 1. The number of thiophene rings is 1. The van der Waals surface area contributed by atoms with Gasteiger partial charge < -0.3 is 4.74 Å². The summed E-state index contributed by atoms with van der Waals surface area (Å²) in [5, 5.41) is 15.5. The Labute approximate surface area is 179 Å². The van der Waals surface area contributed by atoms with Crippen molar-refractivity contribution in [1.29, 1.82) is 0 Å². The van der Waals surface area contributed by atoms with E-state index in [0.717, 1.165) is 26.9 Å². The Balaban J connectivity index is 1.67. The van der Waals surface area contributed by atoms with Crippen LogP contribution in [0.4, 0.5) is 5.69 Å². The Kier molecular flexibility index (Phi) is 6.60. The Morgan fingerprint density at radius 3 is 2.83 bits per heavy atom. The van der Waals surface area contributed by atoms with Crippen LogP contribution < -0.4 is 10.2 Å². The Morgan fingerprint density at radius 1 is 1.34 bits per heavy atom. The number of nitrogens with zero attached hydrogens (tertiary/aromatic N) is 2. The summed E-state index contributed by atoms with van der Waals surface area (Å²) in [6.07, 6.45) is 2.56. The Hall–Kier alpha value is -2.78. The number of carbonyl (C=O) groups is 1. The third kappa shape index (κ3) is 5.18. The molecule has 0 saturated carbocycles. The van der Waals surface area contributed by atoms with Gasteiger partial charge in [0.2, 0.25) is 0 Å². The molecule has 3 rings (SSSR count). The maximum Gasteiger partial charge on any atom is 0.281 e. The number of nitro groups is 1. The van der Waals surface area contributed by atoms with Gasteiger partial charge in [-0.25, -0.2) is 5.43 Å². The molecule has 0 aliphatic rings. The van der Waals surface area contributed by atoms with E-state index in [2.05, 4.69) is 33.4 Å². The molecule has 1 amide bonds. The van der Waals surface area contributed by atoms with Crippen LogP contribution >= 0.6 is 27.3 Å². The molecule has 0 fully saturated rings. The van der Waals surface area contributed by atoms with Crippen LogP contribution in [-0.2, 0) is 0 Å². The molecule has 3 aromatic rings. The van der Waals surface area contributed by atoms with Crippen molar-refractivity contribution in [2.75, 3.05) is 0 Å². The van der Waals surface area contributed by atoms with Gasteiger partial charge in [0.15, 0.2) is 0 Å². The van der Waals surface area contributed by atoms with Gasteiger partial charge in [0, 0.05) is 22.2 Å². The Bertz CT molecular complexity index is 1100. The molecular formula is C20H18BrN3O4S. The first-order chi connectivity index (χ1) is 13.9. The zero-order chi connectivity index (χ0) is 21.0. The first-order valence-electron chi connectivity index (χ1n) is 8.85. The average molecular weight is 476 g/mol. The minimum absolute atomic E-state index is 0.00777. The van der Waals surface area contributed by atoms with E-state index in [1.54, 1.807) is 12.1 Å². The highest BCUT2D eigenvalue weighted by Gasteiger charge is 2.13. The molecule has 1 aromatic heterocycles. The average Bonchev–Trinajstić information content (AvgIpc) is 3.13. The van der Waals surface area contributed by atoms with Gasteiger partial charge in [-0.1, -0.05) is 6.92 Å². The highest BCUT2D eigenvalue weighted by Crippen LogP contribution is 2.29. The number of hydrazone groups is 1. The van der Waals surface area contributed by atoms with Crippen LogP contribution in [-0.4, -0.2) is 23.1 Å². The van der Waals surface area contributed by atoms with Crippen LogP contribution in [0.3, 0.4) is 0 Å². The monoisotopic (exact) mass is 475 g/mol. The number of non-ortho nitro benzene ring substituents is 1. The van der Waals surface area contributed by atoms with E-state index < -0.39 is 4.92 Å². The summed E-state index contributed by atoms with van der Waals surface area (Å²) >= 11 is 4.73. The molecule has 150 valence electrons. The van der Waals surface area contributed by atoms with Crippen LogP contribution in [0.25, 0.3) is 10.1 Å². The number of hydrogen-bond acceptors (Lipinski definition) is 6. The molecule has 0 radical (unpaired) electrons. The van der Waals surface area contributed by atoms with Gasteiger partial charge in [-0.15, -0.1) is 11.3 Å². The summed E-state index contributed by atoms with van der Waals surface area (Å²) < 4.78 is 7.40. The number of carbonyl (C=O) groups excluding carboxylic acids is 1. The lowest BCUT2D eigenvalue weighted by Crippen LogP contribution is -2.16. The smallest absolute Gasteiger partial charge is 0.281 e. The molecular weight excluding hydrogens is 458 g/mol. The largest absolute Gasteiger partial charge is 0.490 e. The first-order valence-corrected chi connectivity index (χ1v) is 10.5. The third-order valence-electron chi connectivity index (χ3n) is 4.17. The van der Waals surface area contributed by atoms with Crippen molar-refractivity contribution in [2.45, 2.75) is 26.4 Å². The molecule has 0 saturated heterocycles. The molecule has 0 aliphatic heterocycles. The van der Waals surface area contributed by atoms with Crippen molar-refractivity contribution in [1.82, 2.24) is 5.43 Å². The van der Waals surface area contributed by atoms with Gasteiger partial charge >= 0.3 is 0 Å². The summed E-state index contributed by atoms with van der Waals surface area (Å²) in [4.78, 5) is 23.2. The van der Waals surface area contributed by atoms with E-state index >= 15 is 0 Å². The van der Waals surface area contributed by atoms with Crippen molar-refractivity contribution in [2.24, 2.45) is 5.10 Å². The van der Waals surface area contributed by atoms with Gasteiger partial charge in [0.1, 0.15) is 5.75 Å². The fraction of sp³-hybridized carbons (Fsp3) is 0.200. The first kappa shape index (κ1) is 20.9. The summed E-state index contributed by atoms with van der Waals surface area (Å²) in [6.45, 7) is 4.06. The van der Waals surface area contributed by atoms with E-state index in [1.165, 1.54) is 29.7 Å². The minimum Gasteiger partial charge on any atom is -0.490 e. The van der Waals surface area contributed by atoms with E-state index in [1.807, 2.05) is 25.1 Å². The van der Waals surface area contributed by atoms with Gasteiger partial charge in [-0.3, -0.25) is 14.9 Å². The highest BCUT2D eigenvalue weighted by molar-refractivity contribution is 9.10. The zero-order valence-electron chi connectivity index (χ0n) is 15.7. The molecule has 29 heavy (non-hydrogen) atoms. The quantitative estimate of drug-likeness (QED) is 0.276. The molecule has 0 bridgehead atoms. The van der Waals surface area contributed by atoms with E-state index in [-0.39, 0.29) is 17.7 Å². The van der Waals surface area contributed by atoms with Crippen LogP contribution in [0.15, 0.2) is 52.0 Å². The van der Waals surface area contributed by atoms with Crippen LogP contribution in [0, 0.1) is 10.1 Å². The summed E-state index contributed by atoms with van der Waals surface area (Å²) in [6, 6.07) is 11.7. The predicted octanol–water partition coefficient (Wildman–Crippen LogP) is 5.51. The van der Waals surface area contributed by atoms with Gasteiger partial charge in [0.25, 0.3) is 11.6 Å². The number of nitrogens with one attached hydrogen (secondary N) is 1. The lowest BCUT2D eigenvalue weighted by Gasteiger charge is -2.14. The second kappa shape index (κ2) is 9.15. The number of hydrogen-bond donors (Lipinski definition) is 1. The SMILES string of the molecule is CC[C@@H](C)Oc1ccc(/C=N\NC(=O)c2cc3cc([N+](=O)[O-])ccc3s2)cc1Br. The maximum atomic E-state index is 12.3. The van der Waals surface area contributed by atoms with Gasteiger partial charge in [-0.2, -0.15) is 5.10 Å². The second-order valence-corrected chi connectivity index (χ2v) is 8.25. The van der Waals surface area contributed by atoms with Gasteiger partial charge in [0.05, 0.1) is 26.6 Å². The number of rotatable bonds is 7. The fourth-order valence-corrected chi connectivity index (χ4v) is 3.89. The highest BCUT2D eigenvalue weighted by atomic mass is 79.9. The molecule has 0 unspecified atom stereocenters. The molecule has 0 aliphatic carbocycles. The van der Waals surface area contributed by atoms with Crippen molar-refractivity contribution >= 4 is 55.2 Å². The number of ether oxygens (including phenoxy) is 1. The zero-order valence-corrected chi connectivity index (χ0v) is 18.1. The molecule has 2 aromatic carbocycles. The van der Waals surface area contributed by atoms with Crippen LogP contribution in [0.1, 0.15) is 35.5 Å². The van der Waals surface area contributed by atoms with Crippen LogP contribution in [0.2, 0.25) is 0 Å². The molecule has 9 heteroatoms. The number of benzene rings is 2. The van der Waals surface area contributed by atoms with Crippen molar-refractivity contribution in [3.05, 3.63) is 67.5 Å². The minimum atomic E-state index is -0.460. The summed E-state index contributed by atoms with van der Waals surface area (Å²) in [7, 11) is 0. The number of amides is 1. The normalized spacial score (nSPS) is 12.2. The van der Waals surface area contributed by atoms with E-state index in [9.17, 15) is 14.9 Å². The maximum absolute atomic E-state index is 12.3. The van der Waals surface area contributed by atoms with E-state index in [4.69, 9.17) is 4.74 Å². The lowest BCUT2D eigenvalue weighted by molar-refractivity contribution is -0.384. The van der Waals surface area contributed by atoms with E-state index in [0.29, 0.717) is 10.3 Å². The number of fused-ring (bicyclic) bond motifs is 1. The standard InChI is InChI=1S/C20H18BrN3O4S/c1-3-12(2)28-17-6-4-13(8-16(17)21)11-22-23-20(25)19-10-14-9-15(24(26)27)5-7-18(14)29-19/h4-12H,3H2,1-2H3,(H,23,25)/b22-11-/t12-/m1/s1. The second-order valence-electron chi connectivity index (χ2n) is 6.32. The topological polar surface area (TPSA) is 93.8 Å². The molecule has 7 nitrogen and oxygen atoms in total. The van der Waals surface area contributed by atoms with Crippen molar-refractivity contribution in [3.8, 4) is 5.75 Å². The third-order valence-corrected chi connectivity index (χ3v) is 5.91. The fourth-order valence-electron chi connectivity index (χ4n) is 2.47. The van der Waals surface area contributed by atoms with Crippen molar-refractivity contribution in [3.63, 3.8) is 0 Å². The van der Waals surface area contributed by atoms with Gasteiger partial charge in [-0.05, 0) is 65.2 Å². The molecule has 1 heterocycles. The predicted molar refractivity (Wildman–Crippen MR) is 118 cm³/mol. The number of nitro benzene ring substituents is 1.